The quantitative estimate of drug-likeness (QED) is 0.806. The number of hydrogen-bond donors (Lipinski definition) is 1. The van der Waals surface area contributed by atoms with E-state index in [0.29, 0.717) is 17.2 Å². The summed E-state index contributed by atoms with van der Waals surface area (Å²) in [5, 5.41) is 4.06. The van der Waals surface area contributed by atoms with Crippen LogP contribution in [0.3, 0.4) is 0 Å². The van der Waals surface area contributed by atoms with Gasteiger partial charge in [0.2, 0.25) is 0 Å². The molecule has 0 fully saturated rings. The molecular weight excluding hydrogens is 228 g/mol. The van der Waals surface area contributed by atoms with E-state index in [1.54, 1.807) is 0 Å². The number of aromatic nitrogens is 1. The highest BCUT2D eigenvalue weighted by Gasteiger charge is 2.08. The van der Waals surface area contributed by atoms with Gasteiger partial charge >= 0.3 is 0 Å². The van der Waals surface area contributed by atoms with Crippen molar-refractivity contribution >= 4 is 23.4 Å². The van der Waals surface area contributed by atoms with Crippen LogP contribution in [0.4, 0.5) is 0 Å². The number of halogens is 1. The topological polar surface area (TPSA) is 24.9 Å². The number of nitrogens with zero attached hydrogens (tertiary/aromatic N) is 1. The molecule has 2 nitrogen and oxygen atoms in total. The number of pyridine rings is 1. The zero-order chi connectivity index (χ0) is 11.3. The lowest BCUT2D eigenvalue weighted by atomic mass is 10.1. The molecule has 1 N–H and O–H groups in total. The van der Waals surface area contributed by atoms with E-state index >= 15 is 0 Å². The predicted molar refractivity (Wildman–Crippen MR) is 68.6 cm³/mol. The van der Waals surface area contributed by atoms with Gasteiger partial charge in [-0.1, -0.05) is 17.7 Å². The second kappa shape index (κ2) is 6.36. The van der Waals surface area contributed by atoms with Crippen LogP contribution in [0.1, 0.15) is 25.5 Å². The standard InChI is InChI=1S/C11H17ClN2S/c1-8(7-15-3)14-9(2)10-4-5-11(12)13-6-10/h4-6,8-9,14H,7H2,1-3H3. The third-order valence-electron chi connectivity index (χ3n) is 2.20. The summed E-state index contributed by atoms with van der Waals surface area (Å²) in [6, 6.07) is 4.66. The molecule has 4 heteroatoms. The van der Waals surface area contributed by atoms with Crippen LogP contribution >= 0.6 is 23.4 Å². The molecule has 0 aliphatic carbocycles. The minimum atomic E-state index is 0.317. The van der Waals surface area contributed by atoms with E-state index in [2.05, 4.69) is 30.4 Å². The highest BCUT2D eigenvalue weighted by Crippen LogP contribution is 2.14. The van der Waals surface area contributed by atoms with E-state index in [4.69, 9.17) is 11.6 Å². The van der Waals surface area contributed by atoms with Gasteiger partial charge in [0, 0.05) is 24.0 Å². The fourth-order valence-corrected chi connectivity index (χ4v) is 2.17. The number of nitrogens with one attached hydrogen (secondary N) is 1. The molecule has 84 valence electrons. The first-order valence-electron chi connectivity index (χ1n) is 5.00. The highest BCUT2D eigenvalue weighted by molar-refractivity contribution is 7.98. The second-order valence-corrected chi connectivity index (χ2v) is 4.96. The Morgan fingerprint density at radius 2 is 2.20 bits per heavy atom. The first kappa shape index (κ1) is 12.8. The maximum atomic E-state index is 5.74. The van der Waals surface area contributed by atoms with Crippen LogP contribution in [0, 0.1) is 0 Å². The van der Waals surface area contributed by atoms with Crippen molar-refractivity contribution in [1.29, 1.82) is 0 Å². The number of thioether (sulfide) groups is 1. The summed E-state index contributed by atoms with van der Waals surface area (Å²) in [5.74, 6) is 1.12. The molecule has 0 saturated heterocycles. The summed E-state index contributed by atoms with van der Waals surface area (Å²) < 4.78 is 0. The van der Waals surface area contributed by atoms with Gasteiger partial charge in [0.05, 0.1) is 0 Å². The van der Waals surface area contributed by atoms with Crippen molar-refractivity contribution in [1.82, 2.24) is 10.3 Å². The van der Waals surface area contributed by atoms with E-state index < -0.39 is 0 Å². The van der Waals surface area contributed by atoms with Crippen molar-refractivity contribution < 1.29 is 0 Å². The van der Waals surface area contributed by atoms with Gasteiger partial charge in [0.1, 0.15) is 5.15 Å². The first-order chi connectivity index (χ1) is 7.13. The zero-order valence-electron chi connectivity index (χ0n) is 9.33. The largest absolute Gasteiger partial charge is 0.307 e. The summed E-state index contributed by atoms with van der Waals surface area (Å²) in [6.07, 6.45) is 3.94. The molecule has 0 amide bonds. The third kappa shape index (κ3) is 4.41. The lowest BCUT2D eigenvalue weighted by Gasteiger charge is -2.19. The smallest absolute Gasteiger partial charge is 0.129 e. The minimum absolute atomic E-state index is 0.317. The second-order valence-electron chi connectivity index (χ2n) is 3.66. The molecule has 1 aromatic rings. The van der Waals surface area contributed by atoms with Crippen molar-refractivity contribution in [3.05, 3.63) is 29.0 Å². The summed E-state index contributed by atoms with van der Waals surface area (Å²) >= 11 is 7.59. The van der Waals surface area contributed by atoms with Gasteiger partial charge in [0.15, 0.2) is 0 Å². The Balaban J connectivity index is 2.53. The predicted octanol–water partition coefficient (Wildman–Crippen LogP) is 3.14. The number of hydrogen-bond acceptors (Lipinski definition) is 3. The monoisotopic (exact) mass is 244 g/mol. The number of rotatable bonds is 5. The molecule has 1 rings (SSSR count). The van der Waals surface area contributed by atoms with Crippen LogP contribution in [0.5, 0.6) is 0 Å². The average molecular weight is 245 g/mol. The van der Waals surface area contributed by atoms with Gasteiger partial charge in [-0.05, 0) is 31.7 Å². The molecule has 0 spiro atoms. The molecule has 2 atom stereocenters. The Labute approximate surface area is 101 Å². The van der Waals surface area contributed by atoms with Gasteiger partial charge in [0.25, 0.3) is 0 Å². The van der Waals surface area contributed by atoms with E-state index in [1.807, 2.05) is 30.1 Å². The molecule has 2 unspecified atom stereocenters. The molecular formula is C11H17ClN2S. The average Bonchev–Trinajstić information content (AvgIpc) is 2.18. The molecule has 1 aromatic heterocycles. The van der Waals surface area contributed by atoms with E-state index in [1.165, 1.54) is 5.56 Å². The Hall–Kier alpha value is -0.250. The SMILES string of the molecule is CSCC(C)NC(C)c1ccc(Cl)nc1. The Kier molecular flexibility index (Phi) is 5.43. The van der Waals surface area contributed by atoms with Gasteiger partial charge in [-0.25, -0.2) is 4.98 Å². The lowest BCUT2D eigenvalue weighted by molar-refractivity contribution is 0.510. The van der Waals surface area contributed by atoms with Crippen LogP contribution in [0.25, 0.3) is 0 Å². The van der Waals surface area contributed by atoms with Crippen LogP contribution < -0.4 is 5.32 Å². The van der Waals surface area contributed by atoms with Gasteiger partial charge in [-0.15, -0.1) is 0 Å². The van der Waals surface area contributed by atoms with Crippen molar-refractivity contribution in [2.45, 2.75) is 25.9 Å². The molecule has 0 saturated carbocycles. The molecule has 0 radical (unpaired) electrons. The van der Waals surface area contributed by atoms with E-state index in [-0.39, 0.29) is 0 Å². The fourth-order valence-electron chi connectivity index (χ4n) is 1.46. The summed E-state index contributed by atoms with van der Waals surface area (Å²) in [5.41, 5.74) is 1.17. The van der Waals surface area contributed by atoms with Gasteiger partial charge in [-0.3, -0.25) is 0 Å². The maximum Gasteiger partial charge on any atom is 0.129 e. The Bertz CT molecular complexity index is 289. The maximum absolute atomic E-state index is 5.74. The minimum Gasteiger partial charge on any atom is -0.307 e. The molecule has 0 bridgehead atoms. The Morgan fingerprint density at radius 3 is 2.73 bits per heavy atom. The van der Waals surface area contributed by atoms with Crippen LogP contribution in [0.2, 0.25) is 5.15 Å². The van der Waals surface area contributed by atoms with Crippen LogP contribution in [0.15, 0.2) is 18.3 Å². The van der Waals surface area contributed by atoms with Crippen molar-refractivity contribution in [3.8, 4) is 0 Å². The van der Waals surface area contributed by atoms with Crippen molar-refractivity contribution in [2.75, 3.05) is 12.0 Å². The van der Waals surface area contributed by atoms with Crippen molar-refractivity contribution in [2.24, 2.45) is 0 Å². The zero-order valence-corrected chi connectivity index (χ0v) is 10.9. The Morgan fingerprint density at radius 1 is 1.47 bits per heavy atom. The lowest BCUT2D eigenvalue weighted by Crippen LogP contribution is -2.30. The summed E-state index contributed by atoms with van der Waals surface area (Å²) in [4.78, 5) is 4.07. The summed E-state index contributed by atoms with van der Waals surface area (Å²) in [6.45, 7) is 4.33. The van der Waals surface area contributed by atoms with E-state index in [0.717, 1.165) is 5.75 Å². The third-order valence-corrected chi connectivity index (χ3v) is 3.26. The van der Waals surface area contributed by atoms with Crippen molar-refractivity contribution in [3.63, 3.8) is 0 Å². The molecule has 0 aliphatic heterocycles. The van der Waals surface area contributed by atoms with Gasteiger partial charge in [-0.2, -0.15) is 11.8 Å². The first-order valence-corrected chi connectivity index (χ1v) is 6.77. The molecule has 0 aliphatic rings. The normalized spacial score (nSPS) is 14.9. The van der Waals surface area contributed by atoms with Crippen LogP contribution in [-0.4, -0.2) is 23.0 Å². The van der Waals surface area contributed by atoms with E-state index in [9.17, 15) is 0 Å². The van der Waals surface area contributed by atoms with Crippen LogP contribution in [-0.2, 0) is 0 Å². The molecule has 15 heavy (non-hydrogen) atoms. The fraction of sp³-hybridized carbons (Fsp3) is 0.545. The van der Waals surface area contributed by atoms with Gasteiger partial charge < -0.3 is 5.32 Å². The highest BCUT2D eigenvalue weighted by atomic mass is 35.5. The molecule has 1 heterocycles. The molecule has 0 aromatic carbocycles. The summed E-state index contributed by atoms with van der Waals surface area (Å²) in [7, 11) is 0.